The van der Waals surface area contributed by atoms with E-state index >= 15 is 0 Å². The highest BCUT2D eigenvalue weighted by atomic mass is 15.3. The highest BCUT2D eigenvalue weighted by molar-refractivity contribution is 5.01. The van der Waals surface area contributed by atoms with Crippen LogP contribution in [-0.2, 0) is 0 Å². The molecular weight excluding hydrogens is 208 g/mol. The van der Waals surface area contributed by atoms with Crippen molar-refractivity contribution >= 4 is 0 Å². The highest BCUT2D eigenvalue weighted by Gasteiger charge is 2.41. The summed E-state index contributed by atoms with van der Waals surface area (Å²) in [5.41, 5.74) is 0.452. The molecule has 100 valence electrons. The topological polar surface area (TPSA) is 15.3 Å². The number of hydrogen-bond acceptors (Lipinski definition) is 2. The summed E-state index contributed by atoms with van der Waals surface area (Å²) in [5.74, 6) is 0.755. The maximum absolute atomic E-state index is 3.91. The van der Waals surface area contributed by atoms with Crippen molar-refractivity contribution in [2.24, 2.45) is 5.92 Å². The number of piperazine rings is 1. The zero-order valence-corrected chi connectivity index (χ0v) is 12.1. The molecule has 0 bridgehead atoms. The van der Waals surface area contributed by atoms with E-state index in [0.29, 0.717) is 11.6 Å². The molecule has 1 saturated heterocycles. The molecule has 2 fully saturated rings. The molecule has 0 aromatic heterocycles. The highest BCUT2D eigenvalue weighted by Crippen LogP contribution is 2.33. The van der Waals surface area contributed by atoms with Gasteiger partial charge in [0.15, 0.2) is 0 Å². The van der Waals surface area contributed by atoms with Crippen LogP contribution in [0.25, 0.3) is 0 Å². The minimum Gasteiger partial charge on any atom is -0.308 e. The van der Waals surface area contributed by atoms with Crippen LogP contribution in [0.5, 0.6) is 0 Å². The summed E-state index contributed by atoms with van der Waals surface area (Å²) >= 11 is 0. The molecule has 2 nitrogen and oxygen atoms in total. The van der Waals surface area contributed by atoms with Crippen LogP contribution in [0.15, 0.2) is 0 Å². The Kier molecular flexibility index (Phi) is 4.14. The van der Waals surface area contributed by atoms with Gasteiger partial charge in [0, 0.05) is 30.7 Å². The van der Waals surface area contributed by atoms with Gasteiger partial charge in [-0.15, -0.1) is 0 Å². The van der Waals surface area contributed by atoms with Crippen molar-refractivity contribution < 1.29 is 0 Å². The van der Waals surface area contributed by atoms with E-state index in [1.54, 1.807) is 0 Å². The first-order valence-electron chi connectivity index (χ1n) is 7.55. The first-order valence-corrected chi connectivity index (χ1v) is 7.55. The fourth-order valence-electron chi connectivity index (χ4n) is 3.71. The van der Waals surface area contributed by atoms with Crippen molar-refractivity contribution in [1.82, 2.24) is 10.2 Å². The number of hydrogen-bond donors (Lipinski definition) is 1. The average Bonchev–Trinajstić information content (AvgIpc) is 2.29. The first-order chi connectivity index (χ1) is 8.04. The first kappa shape index (κ1) is 13.4. The van der Waals surface area contributed by atoms with Gasteiger partial charge >= 0.3 is 0 Å². The molecule has 2 rings (SSSR count). The molecule has 0 aromatic rings. The largest absolute Gasteiger partial charge is 0.308 e. The predicted molar refractivity (Wildman–Crippen MR) is 74.3 cm³/mol. The van der Waals surface area contributed by atoms with Crippen molar-refractivity contribution in [3.8, 4) is 0 Å². The Labute approximate surface area is 107 Å². The lowest BCUT2D eigenvalue weighted by molar-refractivity contribution is 0.0158. The Morgan fingerprint density at radius 1 is 1.06 bits per heavy atom. The Hall–Kier alpha value is -0.0800. The summed E-state index contributed by atoms with van der Waals surface area (Å²) in [6.45, 7) is 11.9. The summed E-state index contributed by atoms with van der Waals surface area (Å²) in [7, 11) is 0. The van der Waals surface area contributed by atoms with E-state index in [1.165, 1.54) is 45.2 Å². The second kappa shape index (κ2) is 5.27. The van der Waals surface area contributed by atoms with Gasteiger partial charge in [0.1, 0.15) is 0 Å². The van der Waals surface area contributed by atoms with E-state index < -0.39 is 0 Å². The Bertz CT molecular complexity index is 241. The van der Waals surface area contributed by atoms with Crippen LogP contribution in [0.2, 0.25) is 0 Å². The third-order valence-corrected chi connectivity index (χ3v) is 4.84. The van der Waals surface area contributed by atoms with Gasteiger partial charge in [-0.3, -0.25) is 4.90 Å². The monoisotopic (exact) mass is 238 g/mol. The Morgan fingerprint density at radius 2 is 1.71 bits per heavy atom. The molecule has 1 saturated carbocycles. The molecule has 0 radical (unpaired) electrons. The summed E-state index contributed by atoms with van der Waals surface area (Å²) in [6.07, 6.45) is 7.07. The number of nitrogens with one attached hydrogen (secondary N) is 1. The number of nitrogens with zero attached hydrogens (tertiary/aromatic N) is 1. The third-order valence-electron chi connectivity index (χ3n) is 4.84. The quantitative estimate of drug-likeness (QED) is 0.795. The van der Waals surface area contributed by atoms with Gasteiger partial charge in [0.25, 0.3) is 0 Å². The van der Waals surface area contributed by atoms with Crippen LogP contribution in [0, 0.1) is 5.92 Å². The molecule has 1 atom stereocenters. The molecule has 2 aliphatic rings. The molecule has 1 spiro atoms. The molecule has 1 heterocycles. The van der Waals surface area contributed by atoms with Gasteiger partial charge in [-0.2, -0.15) is 0 Å². The maximum atomic E-state index is 3.91. The van der Waals surface area contributed by atoms with E-state index in [9.17, 15) is 0 Å². The molecular formula is C15H30N2. The van der Waals surface area contributed by atoms with Crippen LogP contribution in [0.1, 0.15) is 59.8 Å². The van der Waals surface area contributed by atoms with Crippen LogP contribution in [0.4, 0.5) is 0 Å². The van der Waals surface area contributed by atoms with E-state index in [1.807, 2.05) is 0 Å². The van der Waals surface area contributed by atoms with Crippen LogP contribution in [0.3, 0.4) is 0 Å². The van der Waals surface area contributed by atoms with Gasteiger partial charge in [0.2, 0.25) is 0 Å². The second-order valence-electron chi connectivity index (χ2n) is 6.80. The van der Waals surface area contributed by atoms with Crippen LogP contribution < -0.4 is 5.32 Å². The van der Waals surface area contributed by atoms with Crippen molar-refractivity contribution in [1.29, 1.82) is 0 Å². The summed E-state index contributed by atoms with van der Waals surface area (Å²) in [5, 5.41) is 3.91. The lowest BCUT2D eigenvalue weighted by Gasteiger charge is -2.52. The minimum absolute atomic E-state index is 0.452. The number of rotatable bonds is 2. The normalized spacial score (nSPS) is 30.4. The zero-order chi connectivity index (χ0) is 12.5. The minimum atomic E-state index is 0.452. The SMILES string of the molecule is CC(C)C1CNC2(CCCCC2)CN1C(C)C. The van der Waals surface area contributed by atoms with E-state index in [-0.39, 0.29) is 0 Å². The van der Waals surface area contributed by atoms with Gasteiger partial charge in [-0.05, 0) is 32.6 Å². The van der Waals surface area contributed by atoms with Gasteiger partial charge < -0.3 is 5.32 Å². The molecule has 2 heteroatoms. The van der Waals surface area contributed by atoms with Crippen LogP contribution >= 0.6 is 0 Å². The van der Waals surface area contributed by atoms with Gasteiger partial charge in [0.05, 0.1) is 0 Å². The lowest BCUT2D eigenvalue weighted by atomic mass is 9.78. The lowest BCUT2D eigenvalue weighted by Crippen LogP contribution is -2.67. The summed E-state index contributed by atoms with van der Waals surface area (Å²) in [4.78, 5) is 2.76. The molecule has 1 aliphatic carbocycles. The molecule has 1 unspecified atom stereocenters. The Balaban J connectivity index is 2.07. The van der Waals surface area contributed by atoms with Crippen molar-refractivity contribution in [2.45, 2.75) is 77.4 Å². The second-order valence-corrected chi connectivity index (χ2v) is 6.80. The van der Waals surface area contributed by atoms with Crippen molar-refractivity contribution in [2.75, 3.05) is 13.1 Å². The Morgan fingerprint density at radius 3 is 2.24 bits per heavy atom. The zero-order valence-electron chi connectivity index (χ0n) is 12.1. The fourth-order valence-corrected chi connectivity index (χ4v) is 3.71. The molecule has 1 aliphatic heterocycles. The third kappa shape index (κ3) is 2.85. The molecule has 0 aromatic carbocycles. The summed E-state index contributed by atoms with van der Waals surface area (Å²) < 4.78 is 0. The van der Waals surface area contributed by atoms with Crippen LogP contribution in [-0.4, -0.2) is 35.6 Å². The van der Waals surface area contributed by atoms with Gasteiger partial charge in [-0.1, -0.05) is 33.1 Å². The van der Waals surface area contributed by atoms with Crippen molar-refractivity contribution in [3.63, 3.8) is 0 Å². The summed E-state index contributed by atoms with van der Waals surface area (Å²) in [6, 6.07) is 1.41. The van der Waals surface area contributed by atoms with Gasteiger partial charge in [-0.25, -0.2) is 0 Å². The smallest absolute Gasteiger partial charge is 0.0309 e. The van der Waals surface area contributed by atoms with E-state index in [4.69, 9.17) is 0 Å². The predicted octanol–water partition coefficient (Wildman–Crippen LogP) is 3.03. The average molecular weight is 238 g/mol. The molecule has 0 amide bonds. The molecule has 17 heavy (non-hydrogen) atoms. The standard InChI is InChI=1S/C15H30N2/c1-12(2)14-10-16-15(8-6-5-7-9-15)11-17(14)13(3)4/h12-14,16H,5-11H2,1-4H3. The fraction of sp³-hybridized carbons (Fsp3) is 1.00. The maximum Gasteiger partial charge on any atom is 0.0309 e. The van der Waals surface area contributed by atoms with E-state index in [2.05, 4.69) is 37.9 Å². The van der Waals surface area contributed by atoms with Crippen molar-refractivity contribution in [3.05, 3.63) is 0 Å². The van der Waals surface area contributed by atoms with E-state index in [0.717, 1.165) is 12.0 Å². The molecule has 1 N–H and O–H groups in total.